The van der Waals surface area contributed by atoms with Gasteiger partial charge in [-0.2, -0.15) is 0 Å². The van der Waals surface area contributed by atoms with Crippen LogP contribution in [0, 0.1) is 0 Å². The number of anilines is 2. The van der Waals surface area contributed by atoms with Crippen LogP contribution < -0.4 is 11.5 Å². The Morgan fingerprint density at radius 3 is 1.10 bits per heavy atom. The van der Waals surface area contributed by atoms with Crippen molar-refractivity contribution in [2.45, 2.75) is 0 Å². The summed E-state index contributed by atoms with van der Waals surface area (Å²) in [6, 6.07) is 82.9. The summed E-state index contributed by atoms with van der Waals surface area (Å²) in [5.74, 6) is 0. The van der Waals surface area contributed by atoms with Crippen molar-refractivity contribution in [3.05, 3.63) is 241 Å². The lowest BCUT2D eigenvalue weighted by Gasteiger charge is -2.30. The van der Waals surface area contributed by atoms with Gasteiger partial charge in [0.15, 0.2) is 0 Å². The summed E-state index contributed by atoms with van der Waals surface area (Å²) < 4.78 is 0. The van der Waals surface area contributed by atoms with Crippen LogP contribution in [0.25, 0.3) is 120 Å². The molecule has 2 nitrogen and oxygen atoms in total. The molecule has 0 aliphatic rings. The molecule has 0 saturated carbocycles. The van der Waals surface area contributed by atoms with Crippen molar-refractivity contribution in [2.24, 2.45) is 0 Å². The maximum absolute atomic E-state index is 8.07. The van der Waals surface area contributed by atoms with E-state index in [0.717, 1.165) is 120 Å². The molecule has 0 unspecified atom stereocenters. The van der Waals surface area contributed by atoms with E-state index in [0.29, 0.717) is 11.4 Å². The molecule has 0 aliphatic heterocycles. The lowest BCUT2D eigenvalue weighted by atomic mass is 9.74. The molecule has 322 valence electrons. The Labute approximate surface area is 404 Å². The average Bonchev–Trinajstić information content (AvgIpc) is 4.16. The molecule has 0 fully saturated rings. The van der Waals surface area contributed by atoms with Crippen molar-refractivity contribution in [3.63, 3.8) is 0 Å². The van der Waals surface area contributed by atoms with Gasteiger partial charge >= 0.3 is 0 Å². The SMILES string of the molecule is Nc1c(N)c(-c2c(-c3cccs3)c(-c3ccccc3)cc3ccccc23)c(-c2c(-c3cccs3)c(-c3ccccc3)cc3ccccc23)c(-c2ccccc2)c1-c1ccccc1-c1ccccc1. The molecule has 0 amide bonds. The highest BCUT2D eigenvalue weighted by Crippen LogP contribution is 2.60. The van der Waals surface area contributed by atoms with Crippen LogP contribution in [0.3, 0.4) is 0 Å². The van der Waals surface area contributed by atoms with E-state index in [1.165, 1.54) is 0 Å². The second-order valence-corrected chi connectivity index (χ2v) is 19.0. The fraction of sp³-hybridized carbons (Fsp3) is 0. The highest BCUT2D eigenvalue weighted by molar-refractivity contribution is 7.14. The highest BCUT2D eigenvalue weighted by atomic mass is 32.1. The zero-order valence-corrected chi connectivity index (χ0v) is 38.7. The Balaban J connectivity index is 1.39. The molecule has 0 radical (unpaired) electrons. The van der Waals surface area contributed by atoms with Gasteiger partial charge in [0.05, 0.1) is 11.4 Å². The number of rotatable bonds is 9. The second-order valence-electron chi connectivity index (χ2n) is 17.1. The standard InChI is InChI=1S/C64H44N2S2/c65-63-60(50-34-18-17-31-47(50)41-21-5-1-6-22-41)55(44-27-11-4-12-28-44)61(58-48-32-15-13-29-45(48)39-51(42-23-7-2-8-24-42)56(58)53-35-19-37-67-53)62(64(63)66)59-49-33-16-14-30-46(49)40-52(43-25-9-3-10-26-43)57(59)54-36-20-38-68-54/h1-40H,65-66H2. The first-order chi connectivity index (χ1) is 33.6. The number of nitrogens with two attached hydrogens (primary N) is 2. The minimum absolute atomic E-state index is 0.539. The zero-order chi connectivity index (χ0) is 45.6. The first-order valence-electron chi connectivity index (χ1n) is 22.9. The topological polar surface area (TPSA) is 52.0 Å². The summed E-state index contributed by atoms with van der Waals surface area (Å²) in [6.45, 7) is 0. The van der Waals surface area contributed by atoms with Gasteiger partial charge in [0.1, 0.15) is 0 Å². The largest absolute Gasteiger partial charge is 0.397 e. The van der Waals surface area contributed by atoms with Crippen molar-refractivity contribution >= 4 is 55.6 Å². The third kappa shape index (κ3) is 7.01. The molecule has 4 heteroatoms. The van der Waals surface area contributed by atoms with Crippen molar-refractivity contribution in [1.82, 2.24) is 0 Å². The molecule has 68 heavy (non-hydrogen) atoms. The number of hydrogen-bond acceptors (Lipinski definition) is 4. The van der Waals surface area contributed by atoms with Crippen molar-refractivity contribution < 1.29 is 0 Å². The summed E-state index contributed by atoms with van der Waals surface area (Å²) in [7, 11) is 0. The van der Waals surface area contributed by atoms with Crippen molar-refractivity contribution in [2.75, 3.05) is 11.5 Å². The zero-order valence-electron chi connectivity index (χ0n) is 37.1. The number of fused-ring (bicyclic) bond motifs is 2. The van der Waals surface area contributed by atoms with Crippen LogP contribution in [-0.4, -0.2) is 0 Å². The molecule has 4 N–H and O–H groups in total. The summed E-state index contributed by atoms with van der Waals surface area (Å²) in [6.07, 6.45) is 0. The van der Waals surface area contributed by atoms with Crippen LogP contribution in [0.5, 0.6) is 0 Å². The number of hydrogen-bond donors (Lipinski definition) is 2. The minimum Gasteiger partial charge on any atom is -0.397 e. The monoisotopic (exact) mass is 904 g/mol. The van der Waals surface area contributed by atoms with Crippen LogP contribution in [0.4, 0.5) is 11.4 Å². The Kier molecular flexibility index (Phi) is 10.6. The molecular formula is C64H44N2S2. The lowest BCUT2D eigenvalue weighted by Crippen LogP contribution is -2.08. The van der Waals surface area contributed by atoms with Crippen LogP contribution in [0.15, 0.2) is 241 Å². The molecule has 0 bridgehead atoms. The van der Waals surface area contributed by atoms with Crippen molar-refractivity contribution in [3.8, 4) is 98.8 Å². The number of benzene rings is 10. The third-order valence-electron chi connectivity index (χ3n) is 13.2. The van der Waals surface area contributed by atoms with Crippen LogP contribution >= 0.6 is 22.7 Å². The molecule has 12 aromatic rings. The molecule has 0 aliphatic carbocycles. The molecule has 10 aromatic carbocycles. The highest BCUT2D eigenvalue weighted by Gasteiger charge is 2.33. The Bertz CT molecular complexity index is 3770. The van der Waals surface area contributed by atoms with Crippen molar-refractivity contribution in [1.29, 1.82) is 0 Å². The van der Waals surface area contributed by atoms with Gasteiger partial charge in [-0.15, -0.1) is 22.7 Å². The minimum atomic E-state index is 0.539. The molecular weight excluding hydrogens is 861 g/mol. The quantitative estimate of drug-likeness (QED) is 0.142. The van der Waals surface area contributed by atoms with Gasteiger partial charge in [-0.25, -0.2) is 0 Å². The average molecular weight is 905 g/mol. The number of thiophene rings is 2. The van der Waals surface area contributed by atoms with Gasteiger partial charge in [0.2, 0.25) is 0 Å². The van der Waals surface area contributed by atoms with E-state index >= 15 is 0 Å². The Hall–Kier alpha value is -8.28. The van der Waals surface area contributed by atoms with Crippen LogP contribution in [-0.2, 0) is 0 Å². The van der Waals surface area contributed by atoms with Crippen LogP contribution in [0.1, 0.15) is 0 Å². The summed E-state index contributed by atoms with van der Waals surface area (Å²) in [4.78, 5) is 2.31. The van der Waals surface area contributed by atoms with Gasteiger partial charge < -0.3 is 11.5 Å². The fourth-order valence-corrected chi connectivity index (χ4v) is 11.9. The maximum atomic E-state index is 8.07. The van der Waals surface area contributed by atoms with Gasteiger partial charge in [-0.1, -0.05) is 206 Å². The van der Waals surface area contributed by atoms with E-state index < -0.39 is 0 Å². The first kappa shape index (κ1) is 41.2. The van der Waals surface area contributed by atoms with Gasteiger partial charge in [-0.05, 0) is 101 Å². The molecule has 0 saturated heterocycles. The lowest BCUT2D eigenvalue weighted by molar-refractivity contribution is 1.54. The predicted molar refractivity (Wildman–Crippen MR) is 295 cm³/mol. The van der Waals surface area contributed by atoms with E-state index in [-0.39, 0.29) is 0 Å². The Morgan fingerprint density at radius 1 is 0.250 bits per heavy atom. The van der Waals surface area contributed by atoms with Gasteiger partial charge in [0, 0.05) is 54.3 Å². The summed E-state index contributed by atoms with van der Waals surface area (Å²) >= 11 is 3.51. The maximum Gasteiger partial charge on any atom is 0.0641 e. The van der Waals surface area contributed by atoms with Gasteiger partial charge in [-0.3, -0.25) is 0 Å². The molecule has 2 aromatic heterocycles. The molecule has 12 rings (SSSR count). The van der Waals surface area contributed by atoms with E-state index in [4.69, 9.17) is 11.5 Å². The van der Waals surface area contributed by atoms with E-state index in [1.807, 2.05) is 0 Å². The smallest absolute Gasteiger partial charge is 0.0641 e. The summed E-state index contributed by atoms with van der Waals surface area (Å²) in [5, 5.41) is 8.84. The first-order valence-corrected chi connectivity index (χ1v) is 24.7. The Morgan fingerprint density at radius 2 is 0.632 bits per heavy atom. The van der Waals surface area contributed by atoms with Gasteiger partial charge in [0.25, 0.3) is 0 Å². The number of nitrogen functional groups attached to an aromatic ring is 2. The van der Waals surface area contributed by atoms with E-state index in [9.17, 15) is 0 Å². The second kappa shape index (κ2) is 17.5. The molecule has 0 spiro atoms. The summed E-state index contributed by atoms with van der Waals surface area (Å²) in [5.41, 5.74) is 34.1. The van der Waals surface area contributed by atoms with Crippen LogP contribution in [0.2, 0.25) is 0 Å². The molecule has 0 atom stereocenters. The predicted octanol–water partition coefficient (Wildman–Crippen LogP) is 18.3. The fourth-order valence-electron chi connectivity index (χ4n) is 10.3. The van der Waals surface area contributed by atoms with E-state index in [2.05, 4.69) is 241 Å². The molecule has 2 heterocycles. The van der Waals surface area contributed by atoms with E-state index in [1.54, 1.807) is 22.7 Å². The normalized spacial score (nSPS) is 11.4. The third-order valence-corrected chi connectivity index (χ3v) is 15.0.